The summed E-state index contributed by atoms with van der Waals surface area (Å²) in [7, 11) is 0. The van der Waals surface area contributed by atoms with Gasteiger partial charge in [-0.15, -0.1) is 0 Å². The number of hydrogen-bond donors (Lipinski definition) is 0. The van der Waals surface area contributed by atoms with E-state index in [1.54, 1.807) is 12.4 Å². The molecule has 0 aromatic carbocycles. The Morgan fingerprint density at radius 1 is 1.26 bits per heavy atom. The molecule has 3 atom stereocenters. The summed E-state index contributed by atoms with van der Waals surface area (Å²) in [5.74, 6) is 0.844. The van der Waals surface area contributed by atoms with Crippen molar-refractivity contribution < 1.29 is 4.79 Å². The number of aromatic nitrogens is 3. The van der Waals surface area contributed by atoms with Crippen LogP contribution in [-0.4, -0.2) is 38.2 Å². The predicted molar refractivity (Wildman–Crippen MR) is 86.7 cm³/mol. The van der Waals surface area contributed by atoms with Gasteiger partial charge in [-0.05, 0) is 49.3 Å². The Morgan fingerprint density at radius 3 is 3.00 bits per heavy atom. The lowest BCUT2D eigenvalue weighted by molar-refractivity contribution is -0.136. The first-order valence-corrected chi connectivity index (χ1v) is 8.51. The molecule has 23 heavy (non-hydrogen) atoms. The molecule has 4 rings (SSSR count). The van der Waals surface area contributed by atoms with E-state index in [1.807, 2.05) is 29.2 Å². The molecule has 1 amide bonds. The second kappa shape index (κ2) is 6.14. The fourth-order valence-electron chi connectivity index (χ4n) is 3.75. The van der Waals surface area contributed by atoms with Crippen LogP contribution in [0, 0.1) is 5.92 Å². The van der Waals surface area contributed by atoms with Crippen molar-refractivity contribution in [1.82, 2.24) is 19.7 Å². The summed E-state index contributed by atoms with van der Waals surface area (Å²) in [5.41, 5.74) is 1.20. The molecule has 2 aromatic heterocycles. The van der Waals surface area contributed by atoms with E-state index in [-0.39, 0.29) is 12.0 Å². The first kappa shape index (κ1) is 14.4. The van der Waals surface area contributed by atoms with Gasteiger partial charge in [-0.25, -0.2) is 0 Å². The quantitative estimate of drug-likeness (QED) is 0.871. The van der Waals surface area contributed by atoms with E-state index in [0.29, 0.717) is 11.8 Å². The molecule has 2 aromatic rings. The standard InChI is InChI=1S/C18H22N4O/c23-18(17-11-16(17)14-5-3-7-19-12-14)22-10-2-1-6-15(22)13-21-9-4-8-20-21/h3-5,7-9,12,15-17H,1-2,6,10-11,13H2. The summed E-state index contributed by atoms with van der Waals surface area (Å²) in [5, 5.41) is 4.30. The third kappa shape index (κ3) is 3.00. The molecule has 120 valence electrons. The maximum Gasteiger partial charge on any atom is 0.226 e. The average molecular weight is 310 g/mol. The lowest BCUT2D eigenvalue weighted by atomic mass is 10.0. The number of rotatable bonds is 4. The van der Waals surface area contributed by atoms with Crippen molar-refractivity contribution in [2.75, 3.05) is 6.54 Å². The predicted octanol–water partition coefficient (Wildman–Crippen LogP) is 2.46. The van der Waals surface area contributed by atoms with Gasteiger partial charge in [0.05, 0.1) is 12.6 Å². The van der Waals surface area contributed by atoms with Crippen molar-refractivity contribution in [3.63, 3.8) is 0 Å². The Labute approximate surface area is 136 Å². The fraction of sp³-hybridized carbons (Fsp3) is 0.500. The SMILES string of the molecule is O=C(C1CC1c1cccnc1)N1CCCCC1Cn1cccn1. The Balaban J connectivity index is 1.44. The molecule has 1 saturated heterocycles. The van der Waals surface area contributed by atoms with E-state index in [1.165, 1.54) is 12.0 Å². The Morgan fingerprint density at radius 2 is 2.22 bits per heavy atom. The van der Waals surface area contributed by atoms with Crippen LogP contribution >= 0.6 is 0 Å². The number of carbonyl (C=O) groups is 1. The summed E-state index contributed by atoms with van der Waals surface area (Å²) >= 11 is 0. The van der Waals surface area contributed by atoms with Gasteiger partial charge in [0.2, 0.25) is 5.91 Å². The lowest BCUT2D eigenvalue weighted by Crippen LogP contribution is -2.46. The highest BCUT2D eigenvalue weighted by molar-refractivity contribution is 5.83. The fourth-order valence-corrected chi connectivity index (χ4v) is 3.75. The van der Waals surface area contributed by atoms with Gasteiger partial charge in [-0.2, -0.15) is 5.10 Å². The number of amides is 1. The van der Waals surface area contributed by atoms with Crippen LogP contribution in [0.25, 0.3) is 0 Å². The molecule has 1 saturated carbocycles. The largest absolute Gasteiger partial charge is 0.338 e. The van der Waals surface area contributed by atoms with Crippen LogP contribution in [0.1, 0.15) is 37.2 Å². The van der Waals surface area contributed by atoms with E-state index < -0.39 is 0 Å². The van der Waals surface area contributed by atoms with Crippen LogP contribution in [0.3, 0.4) is 0 Å². The van der Waals surface area contributed by atoms with E-state index in [4.69, 9.17) is 0 Å². The van der Waals surface area contributed by atoms with Crippen molar-refractivity contribution >= 4 is 5.91 Å². The summed E-state index contributed by atoms with van der Waals surface area (Å²) in [6.45, 7) is 1.70. The monoisotopic (exact) mass is 310 g/mol. The molecule has 2 aliphatic rings. The highest BCUT2D eigenvalue weighted by atomic mass is 16.2. The summed E-state index contributed by atoms with van der Waals surface area (Å²) in [4.78, 5) is 19.3. The van der Waals surface area contributed by atoms with E-state index >= 15 is 0 Å². The minimum Gasteiger partial charge on any atom is -0.338 e. The minimum absolute atomic E-state index is 0.150. The van der Waals surface area contributed by atoms with Gasteiger partial charge in [0.1, 0.15) is 0 Å². The van der Waals surface area contributed by atoms with Gasteiger partial charge < -0.3 is 4.90 Å². The second-order valence-corrected chi connectivity index (χ2v) is 6.64. The zero-order valence-electron chi connectivity index (χ0n) is 13.2. The molecule has 5 nitrogen and oxygen atoms in total. The first-order valence-electron chi connectivity index (χ1n) is 8.51. The van der Waals surface area contributed by atoms with Crippen molar-refractivity contribution in [3.05, 3.63) is 48.5 Å². The summed E-state index contributed by atoms with van der Waals surface area (Å²) < 4.78 is 1.95. The van der Waals surface area contributed by atoms with E-state index in [9.17, 15) is 4.79 Å². The number of likely N-dealkylation sites (tertiary alicyclic amines) is 1. The minimum atomic E-state index is 0.150. The summed E-state index contributed by atoms with van der Waals surface area (Å²) in [6, 6.07) is 6.26. The highest BCUT2D eigenvalue weighted by Crippen LogP contribution is 2.48. The summed E-state index contributed by atoms with van der Waals surface area (Å²) in [6.07, 6.45) is 11.8. The van der Waals surface area contributed by atoms with Gasteiger partial charge >= 0.3 is 0 Å². The number of hydrogen-bond acceptors (Lipinski definition) is 3. The molecule has 1 aliphatic carbocycles. The van der Waals surface area contributed by atoms with Crippen LogP contribution in [0.5, 0.6) is 0 Å². The Bertz CT molecular complexity index is 655. The number of nitrogens with zero attached hydrogens (tertiary/aromatic N) is 4. The molecule has 5 heteroatoms. The Kier molecular flexibility index (Phi) is 3.85. The van der Waals surface area contributed by atoms with Gasteiger partial charge in [-0.3, -0.25) is 14.5 Å². The van der Waals surface area contributed by atoms with Gasteiger partial charge in [0.25, 0.3) is 0 Å². The molecule has 2 fully saturated rings. The van der Waals surface area contributed by atoms with Gasteiger partial charge in [0.15, 0.2) is 0 Å². The van der Waals surface area contributed by atoms with Crippen LogP contribution in [0.15, 0.2) is 43.0 Å². The van der Waals surface area contributed by atoms with Crippen LogP contribution in [-0.2, 0) is 11.3 Å². The number of carbonyl (C=O) groups excluding carboxylic acids is 1. The maximum absolute atomic E-state index is 13.0. The second-order valence-electron chi connectivity index (χ2n) is 6.64. The van der Waals surface area contributed by atoms with Crippen molar-refractivity contribution in [2.45, 2.75) is 44.2 Å². The van der Waals surface area contributed by atoms with Gasteiger partial charge in [-0.1, -0.05) is 6.07 Å². The van der Waals surface area contributed by atoms with Crippen molar-refractivity contribution in [3.8, 4) is 0 Å². The van der Waals surface area contributed by atoms with Crippen LogP contribution < -0.4 is 0 Å². The number of piperidine rings is 1. The Hall–Kier alpha value is -2.17. The molecule has 0 spiro atoms. The molecule has 3 unspecified atom stereocenters. The van der Waals surface area contributed by atoms with Crippen molar-refractivity contribution in [1.29, 1.82) is 0 Å². The molecule has 0 bridgehead atoms. The highest BCUT2D eigenvalue weighted by Gasteiger charge is 2.47. The smallest absolute Gasteiger partial charge is 0.226 e. The normalized spacial score (nSPS) is 27.0. The topological polar surface area (TPSA) is 51.0 Å². The zero-order valence-corrected chi connectivity index (χ0v) is 13.2. The zero-order chi connectivity index (χ0) is 15.6. The molecule has 0 N–H and O–H groups in total. The first-order chi connectivity index (χ1) is 11.3. The number of pyridine rings is 1. The lowest BCUT2D eigenvalue weighted by Gasteiger charge is -2.36. The van der Waals surface area contributed by atoms with E-state index in [2.05, 4.69) is 21.0 Å². The van der Waals surface area contributed by atoms with Crippen molar-refractivity contribution in [2.24, 2.45) is 5.92 Å². The third-order valence-corrected chi connectivity index (χ3v) is 5.09. The van der Waals surface area contributed by atoms with Gasteiger partial charge in [0, 0.05) is 37.3 Å². The molecule has 0 radical (unpaired) electrons. The average Bonchev–Trinajstić information content (AvgIpc) is 3.25. The molecular formula is C18H22N4O. The van der Waals surface area contributed by atoms with E-state index in [0.717, 1.165) is 32.4 Å². The van der Waals surface area contributed by atoms with Crippen LogP contribution in [0.4, 0.5) is 0 Å². The van der Waals surface area contributed by atoms with Crippen LogP contribution in [0.2, 0.25) is 0 Å². The molecule has 3 heterocycles. The molecule has 1 aliphatic heterocycles. The third-order valence-electron chi connectivity index (χ3n) is 5.09. The maximum atomic E-state index is 13.0. The molecular weight excluding hydrogens is 288 g/mol.